The Balaban J connectivity index is 2.00. The summed E-state index contributed by atoms with van der Waals surface area (Å²) >= 11 is 0. The largest absolute Gasteiger partial charge is 0.416 e. The maximum atomic E-state index is 8.83. The van der Waals surface area contributed by atoms with E-state index in [9.17, 15) is 0 Å². The molecule has 0 unspecified atom stereocenters. The number of nitrogens with zero attached hydrogens (tertiary/aromatic N) is 6. The van der Waals surface area contributed by atoms with Gasteiger partial charge in [-0.3, -0.25) is 0 Å². The molecule has 0 atom stereocenters. The number of rotatable bonds is 2. The standard InChI is InChI=1S/C14H6N6O/c15-7-11-5-9(1-3-17-11)13-19-20-14(21-13)10-2-4-18-12(6-10)8-16/h1-6H. The molecule has 0 radical (unpaired) electrons. The molecule has 0 saturated heterocycles. The SMILES string of the molecule is N#Cc1cc(-c2nnc(-c3ccnc(C#N)c3)o2)ccn1. The van der Waals surface area contributed by atoms with Gasteiger partial charge in [0.1, 0.15) is 23.5 Å². The van der Waals surface area contributed by atoms with Crippen molar-refractivity contribution in [3.63, 3.8) is 0 Å². The van der Waals surface area contributed by atoms with E-state index in [0.717, 1.165) is 0 Å². The molecule has 98 valence electrons. The fourth-order valence-electron chi connectivity index (χ4n) is 1.71. The average molecular weight is 274 g/mol. The molecule has 0 aliphatic rings. The summed E-state index contributed by atoms with van der Waals surface area (Å²) in [5.74, 6) is 0.554. The monoisotopic (exact) mass is 274 g/mol. The van der Waals surface area contributed by atoms with Gasteiger partial charge in [0.2, 0.25) is 11.8 Å². The first-order valence-electron chi connectivity index (χ1n) is 5.87. The van der Waals surface area contributed by atoms with Gasteiger partial charge in [0.25, 0.3) is 0 Å². The van der Waals surface area contributed by atoms with Crippen LogP contribution in [-0.2, 0) is 0 Å². The van der Waals surface area contributed by atoms with E-state index in [1.807, 2.05) is 12.1 Å². The first-order valence-corrected chi connectivity index (χ1v) is 5.87. The molecule has 0 saturated carbocycles. The van der Waals surface area contributed by atoms with Crippen LogP contribution in [0.2, 0.25) is 0 Å². The molecule has 7 nitrogen and oxygen atoms in total. The summed E-state index contributed by atoms with van der Waals surface area (Å²) in [6.07, 6.45) is 3.00. The molecule has 0 spiro atoms. The second-order valence-electron chi connectivity index (χ2n) is 4.00. The molecular weight excluding hydrogens is 268 g/mol. The lowest BCUT2D eigenvalue weighted by Crippen LogP contribution is -1.83. The van der Waals surface area contributed by atoms with Gasteiger partial charge in [-0.1, -0.05) is 0 Å². The minimum atomic E-state index is 0.267. The minimum absolute atomic E-state index is 0.267. The summed E-state index contributed by atoms with van der Waals surface area (Å²) in [5, 5.41) is 25.5. The van der Waals surface area contributed by atoms with E-state index in [2.05, 4.69) is 20.2 Å². The van der Waals surface area contributed by atoms with E-state index >= 15 is 0 Å². The molecule has 3 aromatic heterocycles. The second kappa shape index (κ2) is 5.19. The van der Waals surface area contributed by atoms with Crippen LogP contribution in [0, 0.1) is 22.7 Å². The molecule has 3 heterocycles. The van der Waals surface area contributed by atoms with E-state index in [-0.39, 0.29) is 23.2 Å². The number of nitriles is 2. The number of hydrogen-bond donors (Lipinski definition) is 0. The van der Waals surface area contributed by atoms with Crippen LogP contribution in [0.5, 0.6) is 0 Å². The molecule has 7 heteroatoms. The first-order chi connectivity index (χ1) is 10.3. The van der Waals surface area contributed by atoms with Gasteiger partial charge in [0, 0.05) is 23.5 Å². The van der Waals surface area contributed by atoms with Gasteiger partial charge in [0.15, 0.2) is 0 Å². The number of pyridine rings is 2. The Labute approximate surface area is 119 Å². The van der Waals surface area contributed by atoms with Crippen LogP contribution < -0.4 is 0 Å². The number of hydrogen-bond acceptors (Lipinski definition) is 7. The Hall–Kier alpha value is -3.58. The van der Waals surface area contributed by atoms with Gasteiger partial charge in [-0.15, -0.1) is 10.2 Å². The molecule has 0 fully saturated rings. The van der Waals surface area contributed by atoms with E-state index in [1.54, 1.807) is 24.3 Å². The van der Waals surface area contributed by atoms with Crippen LogP contribution in [-0.4, -0.2) is 20.2 Å². The summed E-state index contributed by atoms with van der Waals surface area (Å²) in [6, 6.07) is 10.4. The molecule has 0 aromatic carbocycles. The summed E-state index contributed by atoms with van der Waals surface area (Å²) in [6.45, 7) is 0. The molecule has 0 N–H and O–H groups in total. The van der Waals surface area contributed by atoms with Crippen LogP contribution in [0.15, 0.2) is 41.1 Å². The minimum Gasteiger partial charge on any atom is -0.416 e. The molecule has 0 aliphatic carbocycles. The summed E-state index contributed by atoms with van der Waals surface area (Å²) in [4.78, 5) is 7.75. The van der Waals surface area contributed by atoms with Crippen molar-refractivity contribution in [1.82, 2.24) is 20.2 Å². The van der Waals surface area contributed by atoms with Gasteiger partial charge in [0.05, 0.1) is 0 Å². The van der Waals surface area contributed by atoms with Crippen molar-refractivity contribution < 1.29 is 4.42 Å². The normalized spacial score (nSPS) is 9.81. The maximum absolute atomic E-state index is 8.83. The van der Waals surface area contributed by atoms with Crippen molar-refractivity contribution in [2.75, 3.05) is 0 Å². The fraction of sp³-hybridized carbons (Fsp3) is 0. The van der Waals surface area contributed by atoms with Gasteiger partial charge in [-0.05, 0) is 24.3 Å². The predicted octanol–water partition coefficient (Wildman–Crippen LogP) is 1.94. The van der Waals surface area contributed by atoms with Gasteiger partial charge in [-0.25, -0.2) is 9.97 Å². The number of aromatic nitrogens is 4. The van der Waals surface area contributed by atoms with Crippen molar-refractivity contribution in [2.45, 2.75) is 0 Å². The van der Waals surface area contributed by atoms with Crippen molar-refractivity contribution in [1.29, 1.82) is 10.5 Å². The summed E-state index contributed by atoms with van der Waals surface area (Å²) in [5.41, 5.74) is 1.75. The molecule has 21 heavy (non-hydrogen) atoms. The Bertz CT molecular complexity index is 815. The van der Waals surface area contributed by atoms with Crippen molar-refractivity contribution >= 4 is 0 Å². The smallest absolute Gasteiger partial charge is 0.248 e. The van der Waals surface area contributed by atoms with Gasteiger partial charge < -0.3 is 4.42 Å². The van der Waals surface area contributed by atoms with Gasteiger partial charge >= 0.3 is 0 Å². The van der Waals surface area contributed by atoms with Crippen LogP contribution in [0.25, 0.3) is 22.9 Å². The molecule has 3 rings (SSSR count). The highest BCUT2D eigenvalue weighted by Crippen LogP contribution is 2.23. The van der Waals surface area contributed by atoms with Crippen molar-refractivity contribution in [3.8, 4) is 35.0 Å². The summed E-state index contributed by atoms with van der Waals surface area (Å²) in [7, 11) is 0. The lowest BCUT2D eigenvalue weighted by Gasteiger charge is -1.95. The zero-order chi connectivity index (χ0) is 14.7. The van der Waals surface area contributed by atoms with E-state index in [1.165, 1.54) is 12.4 Å². The highest BCUT2D eigenvalue weighted by Gasteiger charge is 2.11. The van der Waals surface area contributed by atoms with Crippen LogP contribution in [0.1, 0.15) is 11.4 Å². The van der Waals surface area contributed by atoms with Crippen molar-refractivity contribution in [2.24, 2.45) is 0 Å². The molecular formula is C14H6N6O. The zero-order valence-corrected chi connectivity index (χ0v) is 10.6. The average Bonchev–Trinajstić information content (AvgIpc) is 3.05. The molecule has 0 amide bonds. The Morgan fingerprint density at radius 3 is 1.71 bits per heavy atom. The highest BCUT2D eigenvalue weighted by atomic mass is 16.4. The van der Waals surface area contributed by atoms with Crippen molar-refractivity contribution in [3.05, 3.63) is 48.0 Å². The van der Waals surface area contributed by atoms with E-state index in [4.69, 9.17) is 14.9 Å². The van der Waals surface area contributed by atoms with E-state index < -0.39 is 0 Å². The van der Waals surface area contributed by atoms with Crippen LogP contribution >= 0.6 is 0 Å². The highest BCUT2D eigenvalue weighted by molar-refractivity contribution is 5.59. The second-order valence-corrected chi connectivity index (χ2v) is 4.00. The van der Waals surface area contributed by atoms with E-state index in [0.29, 0.717) is 11.1 Å². The quantitative estimate of drug-likeness (QED) is 0.701. The van der Waals surface area contributed by atoms with Crippen LogP contribution in [0.3, 0.4) is 0 Å². The summed E-state index contributed by atoms with van der Waals surface area (Å²) < 4.78 is 5.56. The topological polar surface area (TPSA) is 112 Å². The third-order valence-electron chi connectivity index (χ3n) is 2.67. The Kier molecular flexibility index (Phi) is 3.08. The third kappa shape index (κ3) is 2.44. The lowest BCUT2D eigenvalue weighted by molar-refractivity contribution is 0.584. The first kappa shape index (κ1) is 12.5. The molecule has 3 aromatic rings. The molecule has 0 aliphatic heterocycles. The predicted molar refractivity (Wildman–Crippen MR) is 70.2 cm³/mol. The molecule has 0 bridgehead atoms. The third-order valence-corrected chi connectivity index (χ3v) is 2.67. The van der Waals surface area contributed by atoms with Gasteiger partial charge in [-0.2, -0.15) is 10.5 Å². The maximum Gasteiger partial charge on any atom is 0.248 e. The van der Waals surface area contributed by atoms with Crippen LogP contribution in [0.4, 0.5) is 0 Å². The Morgan fingerprint density at radius 1 is 0.810 bits per heavy atom. The Morgan fingerprint density at radius 2 is 1.29 bits per heavy atom. The fourth-order valence-corrected chi connectivity index (χ4v) is 1.71. The zero-order valence-electron chi connectivity index (χ0n) is 10.6. The lowest BCUT2D eigenvalue weighted by atomic mass is 10.2.